The van der Waals surface area contributed by atoms with E-state index in [4.69, 9.17) is 4.74 Å². The van der Waals surface area contributed by atoms with Gasteiger partial charge in [-0.05, 0) is 36.4 Å². The standard InChI is InChI=1S/C15H12NO/c1-17-13-7-4-6-11(9-13)15-10-12-5-2-3-8-14(12)16-15/h2-5,7-10,16H,1H3. The number of fused-ring (bicyclic) bond motifs is 1. The lowest BCUT2D eigenvalue weighted by Crippen LogP contribution is -1.83. The van der Waals surface area contributed by atoms with Gasteiger partial charge in [-0.3, -0.25) is 0 Å². The number of benzene rings is 2. The molecule has 1 radical (unpaired) electrons. The van der Waals surface area contributed by atoms with Crippen molar-refractivity contribution in [1.82, 2.24) is 4.98 Å². The van der Waals surface area contributed by atoms with E-state index in [1.165, 1.54) is 5.39 Å². The van der Waals surface area contributed by atoms with Gasteiger partial charge in [0.2, 0.25) is 0 Å². The van der Waals surface area contributed by atoms with E-state index in [0.717, 1.165) is 22.5 Å². The molecule has 2 nitrogen and oxygen atoms in total. The molecular weight excluding hydrogens is 210 g/mol. The molecule has 0 aliphatic heterocycles. The summed E-state index contributed by atoms with van der Waals surface area (Å²) < 4.78 is 5.22. The third-order valence-electron chi connectivity index (χ3n) is 2.83. The van der Waals surface area contributed by atoms with E-state index in [1.54, 1.807) is 7.11 Å². The van der Waals surface area contributed by atoms with Gasteiger partial charge in [-0.2, -0.15) is 0 Å². The van der Waals surface area contributed by atoms with Crippen molar-refractivity contribution in [1.29, 1.82) is 0 Å². The summed E-state index contributed by atoms with van der Waals surface area (Å²) in [5.41, 5.74) is 3.21. The second kappa shape index (κ2) is 3.98. The molecule has 1 aromatic heterocycles. The lowest BCUT2D eigenvalue weighted by atomic mass is 10.1. The van der Waals surface area contributed by atoms with Crippen molar-refractivity contribution in [2.75, 3.05) is 7.11 Å². The van der Waals surface area contributed by atoms with Gasteiger partial charge in [0.25, 0.3) is 0 Å². The third-order valence-corrected chi connectivity index (χ3v) is 2.83. The van der Waals surface area contributed by atoms with Crippen LogP contribution in [-0.4, -0.2) is 12.1 Å². The van der Waals surface area contributed by atoms with Crippen LogP contribution in [0.25, 0.3) is 22.2 Å². The normalized spacial score (nSPS) is 10.6. The zero-order chi connectivity index (χ0) is 11.7. The van der Waals surface area contributed by atoms with Gasteiger partial charge >= 0.3 is 0 Å². The average molecular weight is 222 g/mol. The first-order valence-electron chi connectivity index (χ1n) is 5.51. The van der Waals surface area contributed by atoms with E-state index in [9.17, 15) is 0 Å². The van der Waals surface area contributed by atoms with Crippen LogP contribution >= 0.6 is 0 Å². The number of methoxy groups -OCH3 is 1. The Labute approximate surface area is 99.9 Å². The summed E-state index contributed by atoms with van der Waals surface area (Å²) in [5.74, 6) is 0.845. The average Bonchev–Trinajstić information content (AvgIpc) is 2.82. The summed E-state index contributed by atoms with van der Waals surface area (Å²) in [7, 11) is 1.67. The van der Waals surface area contributed by atoms with Gasteiger partial charge in [0.15, 0.2) is 0 Å². The van der Waals surface area contributed by atoms with E-state index < -0.39 is 0 Å². The molecule has 0 aliphatic carbocycles. The molecule has 17 heavy (non-hydrogen) atoms. The van der Waals surface area contributed by atoms with Crippen molar-refractivity contribution in [3.8, 4) is 17.0 Å². The molecule has 0 amide bonds. The number of ether oxygens (including phenoxy) is 1. The Morgan fingerprint density at radius 1 is 1.12 bits per heavy atom. The molecule has 83 valence electrons. The first kappa shape index (κ1) is 9.97. The number of aromatic nitrogens is 1. The molecule has 2 heteroatoms. The molecule has 0 fully saturated rings. The fourth-order valence-electron chi connectivity index (χ4n) is 1.95. The Bertz CT molecular complexity index is 622. The first-order chi connectivity index (χ1) is 8.36. The smallest absolute Gasteiger partial charge is 0.119 e. The highest BCUT2D eigenvalue weighted by atomic mass is 16.5. The van der Waals surface area contributed by atoms with Crippen molar-refractivity contribution in [2.24, 2.45) is 0 Å². The van der Waals surface area contributed by atoms with Gasteiger partial charge in [0.05, 0.1) is 7.11 Å². The molecule has 0 spiro atoms. The Morgan fingerprint density at radius 3 is 2.82 bits per heavy atom. The fraction of sp³-hybridized carbons (Fsp3) is 0.0667. The highest BCUT2D eigenvalue weighted by Crippen LogP contribution is 2.26. The van der Waals surface area contributed by atoms with Gasteiger partial charge in [-0.15, -0.1) is 0 Å². The first-order valence-corrected chi connectivity index (χ1v) is 5.51. The minimum Gasteiger partial charge on any atom is -0.497 e. The van der Waals surface area contributed by atoms with Crippen molar-refractivity contribution < 1.29 is 4.74 Å². The molecule has 0 bridgehead atoms. The Kier molecular flexibility index (Phi) is 2.33. The maximum absolute atomic E-state index is 5.22. The lowest BCUT2D eigenvalue weighted by Gasteiger charge is -2.01. The van der Waals surface area contributed by atoms with Crippen LogP contribution in [0.15, 0.2) is 48.5 Å². The zero-order valence-corrected chi connectivity index (χ0v) is 9.53. The van der Waals surface area contributed by atoms with Crippen molar-refractivity contribution in [3.63, 3.8) is 0 Å². The predicted molar refractivity (Wildman–Crippen MR) is 69.1 cm³/mol. The van der Waals surface area contributed by atoms with Crippen LogP contribution in [0.5, 0.6) is 5.75 Å². The quantitative estimate of drug-likeness (QED) is 0.703. The molecular formula is C15H12NO. The zero-order valence-electron chi connectivity index (χ0n) is 9.53. The minimum absolute atomic E-state index is 0.845. The number of hydrogen-bond acceptors (Lipinski definition) is 1. The van der Waals surface area contributed by atoms with E-state index >= 15 is 0 Å². The highest BCUT2D eigenvalue weighted by Gasteiger charge is 2.03. The highest BCUT2D eigenvalue weighted by molar-refractivity contribution is 5.85. The van der Waals surface area contributed by atoms with E-state index in [1.807, 2.05) is 30.3 Å². The number of rotatable bonds is 2. The molecule has 0 unspecified atom stereocenters. The van der Waals surface area contributed by atoms with Gasteiger partial charge in [-0.25, -0.2) is 0 Å². The topological polar surface area (TPSA) is 25.0 Å². The number of aromatic amines is 1. The SMILES string of the molecule is COc1cc[c]c(-c2cc3ccccc3[nH]2)c1. The molecule has 0 atom stereocenters. The second-order valence-electron chi connectivity index (χ2n) is 3.91. The molecule has 3 rings (SSSR count). The summed E-state index contributed by atoms with van der Waals surface area (Å²) >= 11 is 0. The Hall–Kier alpha value is -2.22. The van der Waals surface area contributed by atoms with Gasteiger partial charge in [-0.1, -0.05) is 18.2 Å². The molecule has 0 aliphatic rings. The van der Waals surface area contributed by atoms with Gasteiger partial charge in [0.1, 0.15) is 5.75 Å². The van der Waals surface area contributed by atoms with Crippen LogP contribution in [-0.2, 0) is 0 Å². The van der Waals surface area contributed by atoms with Crippen LogP contribution in [0.3, 0.4) is 0 Å². The van der Waals surface area contributed by atoms with Crippen LogP contribution in [0.1, 0.15) is 0 Å². The monoisotopic (exact) mass is 222 g/mol. The summed E-state index contributed by atoms with van der Waals surface area (Å²) in [4.78, 5) is 3.38. The lowest BCUT2D eigenvalue weighted by molar-refractivity contribution is 0.415. The number of hydrogen-bond donors (Lipinski definition) is 1. The van der Waals surface area contributed by atoms with Crippen LogP contribution in [0.4, 0.5) is 0 Å². The van der Waals surface area contributed by atoms with E-state index in [0.29, 0.717) is 0 Å². The summed E-state index contributed by atoms with van der Waals surface area (Å²) in [6.07, 6.45) is 0. The van der Waals surface area contributed by atoms with Crippen molar-refractivity contribution in [3.05, 3.63) is 54.6 Å². The Morgan fingerprint density at radius 2 is 2.00 bits per heavy atom. The van der Waals surface area contributed by atoms with E-state index in [-0.39, 0.29) is 0 Å². The summed E-state index contributed by atoms with van der Waals surface area (Å²) in [6.45, 7) is 0. The number of H-pyrrole nitrogens is 1. The fourth-order valence-corrected chi connectivity index (χ4v) is 1.95. The maximum Gasteiger partial charge on any atom is 0.119 e. The largest absolute Gasteiger partial charge is 0.497 e. The second-order valence-corrected chi connectivity index (χ2v) is 3.91. The number of para-hydroxylation sites is 1. The summed E-state index contributed by atoms with van der Waals surface area (Å²) in [5, 5.41) is 1.21. The van der Waals surface area contributed by atoms with Crippen molar-refractivity contribution in [2.45, 2.75) is 0 Å². The molecule has 1 N–H and O–H groups in total. The van der Waals surface area contributed by atoms with E-state index in [2.05, 4.69) is 29.2 Å². The molecule has 3 aromatic rings. The van der Waals surface area contributed by atoms with Crippen LogP contribution in [0.2, 0.25) is 0 Å². The maximum atomic E-state index is 5.22. The van der Waals surface area contributed by atoms with Crippen LogP contribution in [0, 0.1) is 6.07 Å². The molecule has 0 saturated carbocycles. The van der Waals surface area contributed by atoms with Crippen molar-refractivity contribution >= 4 is 10.9 Å². The third kappa shape index (κ3) is 1.78. The number of nitrogens with one attached hydrogen (secondary N) is 1. The molecule has 2 aromatic carbocycles. The summed E-state index contributed by atoms with van der Waals surface area (Å²) in [6, 6.07) is 19.3. The predicted octanol–water partition coefficient (Wildman–Crippen LogP) is 3.64. The minimum atomic E-state index is 0.845. The van der Waals surface area contributed by atoms with Gasteiger partial charge in [0, 0.05) is 22.2 Å². The van der Waals surface area contributed by atoms with Gasteiger partial charge < -0.3 is 9.72 Å². The van der Waals surface area contributed by atoms with Crippen LogP contribution < -0.4 is 4.74 Å². The molecule has 1 heterocycles. The molecule has 0 saturated heterocycles. The Balaban J connectivity index is 2.13.